The van der Waals surface area contributed by atoms with E-state index < -0.39 is 0 Å². The molecule has 0 spiro atoms. The van der Waals surface area contributed by atoms with Gasteiger partial charge in [-0.05, 0) is 19.3 Å². The second-order valence-electron chi connectivity index (χ2n) is 4.57. The SMILES string of the molecule is CCC(C)n1cc(Cl)c(COCC(C)C)n1. The predicted molar refractivity (Wildman–Crippen MR) is 66.7 cm³/mol. The maximum atomic E-state index is 6.10. The van der Waals surface area contributed by atoms with Crippen molar-refractivity contribution in [3.63, 3.8) is 0 Å². The highest BCUT2D eigenvalue weighted by Crippen LogP contribution is 2.19. The first-order valence-electron chi connectivity index (χ1n) is 5.85. The van der Waals surface area contributed by atoms with Crippen LogP contribution in [0.2, 0.25) is 5.02 Å². The molecule has 1 heterocycles. The van der Waals surface area contributed by atoms with Gasteiger partial charge in [-0.1, -0.05) is 32.4 Å². The van der Waals surface area contributed by atoms with Crippen molar-refractivity contribution in [1.82, 2.24) is 9.78 Å². The molecule has 4 heteroatoms. The molecule has 0 aliphatic heterocycles. The molecule has 92 valence electrons. The molecule has 16 heavy (non-hydrogen) atoms. The molecule has 0 aromatic carbocycles. The first-order chi connectivity index (χ1) is 7.54. The van der Waals surface area contributed by atoms with E-state index >= 15 is 0 Å². The maximum absolute atomic E-state index is 6.10. The molecule has 0 saturated carbocycles. The Morgan fingerprint density at radius 3 is 2.69 bits per heavy atom. The van der Waals surface area contributed by atoms with Crippen LogP contribution in [0.15, 0.2) is 6.20 Å². The normalized spacial score (nSPS) is 13.4. The van der Waals surface area contributed by atoms with Crippen LogP contribution < -0.4 is 0 Å². The van der Waals surface area contributed by atoms with Crippen molar-refractivity contribution in [1.29, 1.82) is 0 Å². The summed E-state index contributed by atoms with van der Waals surface area (Å²) in [4.78, 5) is 0. The minimum Gasteiger partial charge on any atom is -0.375 e. The molecule has 0 aliphatic rings. The van der Waals surface area contributed by atoms with Crippen molar-refractivity contribution in [2.45, 2.75) is 46.8 Å². The molecular weight excluding hydrogens is 224 g/mol. The van der Waals surface area contributed by atoms with Gasteiger partial charge in [0.05, 0.1) is 11.6 Å². The predicted octanol–water partition coefficient (Wildman–Crippen LogP) is 3.68. The molecule has 1 rings (SSSR count). The summed E-state index contributed by atoms with van der Waals surface area (Å²) < 4.78 is 7.44. The summed E-state index contributed by atoms with van der Waals surface area (Å²) in [7, 11) is 0. The third-order valence-corrected chi connectivity index (χ3v) is 2.81. The summed E-state index contributed by atoms with van der Waals surface area (Å²) in [6.07, 6.45) is 2.92. The minimum atomic E-state index is 0.386. The lowest BCUT2D eigenvalue weighted by atomic mass is 10.2. The zero-order valence-electron chi connectivity index (χ0n) is 10.5. The van der Waals surface area contributed by atoms with Crippen molar-refractivity contribution in [2.75, 3.05) is 6.61 Å². The fourth-order valence-electron chi connectivity index (χ4n) is 1.31. The fourth-order valence-corrected chi connectivity index (χ4v) is 1.50. The zero-order valence-corrected chi connectivity index (χ0v) is 11.3. The number of nitrogens with zero attached hydrogens (tertiary/aromatic N) is 2. The Morgan fingerprint density at radius 2 is 2.12 bits per heavy atom. The van der Waals surface area contributed by atoms with Crippen LogP contribution in [0, 0.1) is 5.92 Å². The van der Waals surface area contributed by atoms with Crippen LogP contribution in [0.5, 0.6) is 0 Å². The van der Waals surface area contributed by atoms with E-state index in [1.165, 1.54) is 0 Å². The fraction of sp³-hybridized carbons (Fsp3) is 0.750. The van der Waals surface area contributed by atoms with E-state index in [0.717, 1.165) is 18.7 Å². The Kier molecular flexibility index (Phi) is 5.29. The molecule has 3 nitrogen and oxygen atoms in total. The van der Waals surface area contributed by atoms with Gasteiger partial charge in [-0.25, -0.2) is 0 Å². The number of halogens is 1. The number of hydrogen-bond acceptors (Lipinski definition) is 2. The average molecular weight is 245 g/mol. The lowest BCUT2D eigenvalue weighted by Gasteiger charge is -2.08. The lowest BCUT2D eigenvalue weighted by Crippen LogP contribution is -2.06. The molecule has 0 radical (unpaired) electrons. The summed E-state index contributed by atoms with van der Waals surface area (Å²) in [5.74, 6) is 0.537. The van der Waals surface area contributed by atoms with Crippen LogP contribution in [0.25, 0.3) is 0 Å². The second kappa shape index (κ2) is 6.26. The smallest absolute Gasteiger partial charge is 0.107 e. The van der Waals surface area contributed by atoms with Crippen LogP contribution >= 0.6 is 11.6 Å². The van der Waals surface area contributed by atoms with E-state index in [2.05, 4.69) is 32.8 Å². The average Bonchev–Trinajstić information content (AvgIpc) is 2.59. The highest BCUT2D eigenvalue weighted by molar-refractivity contribution is 6.31. The van der Waals surface area contributed by atoms with Gasteiger partial charge in [-0.3, -0.25) is 4.68 Å². The van der Waals surface area contributed by atoms with Gasteiger partial charge in [0.25, 0.3) is 0 Å². The van der Waals surface area contributed by atoms with E-state index in [4.69, 9.17) is 16.3 Å². The molecule has 0 fully saturated rings. The van der Waals surface area contributed by atoms with Crippen LogP contribution in [0.3, 0.4) is 0 Å². The Bertz CT molecular complexity index is 323. The summed E-state index contributed by atoms with van der Waals surface area (Å²) >= 11 is 6.10. The summed E-state index contributed by atoms with van der Waals surface area (Å²) in [6.45, 7) is 9.75. The highest BCUT2D eigenvalue weighted by Gasteiger charge is 2.10. The van der Waals surface area contributed by atoms with E-state index in [-0.39, 0.29) is 0 Å². The molecule has 0 saturated heterocycles. The zero-order chi connectivity index (χ0) is 12.1. The summed E-state index contributed by atoms with van der Waals surface area (Å²) in [5, 5.41) is 5.14. The van der Waals surface area contributed by atoms with Crippen LogP contribution in [0.1, 0.15) is 45.9 Å². The minimum absolute atomic E-state index is 0.386. The Hall–Kier alpha value is -0.540. The topological polar surface area (TPSA) is 27.1 Å². The van der Waals surface area contributed by atoms with Gasteiger partial charge < -0.3 is 4.74 Å². The molecule has 0 amide bonds. The second-order valence-corrected chi connectivity index (χ2v) is 4.98. The Morgan fingerprint density at radius 1 is 1.44 bits per heavy atom. The van der Waals surface area contributed by atoms with Gasteiger partial charge in [0, 0.05) is 18.8 Å². The van der Waals surface area contributed by atoms with Crippen LogP contribution in [-0.2, 0) is 11.3 Å². The van der Waals surface area contributed by atoms with Gasteiger partial charge in [0.1, 0.15) is 5.69 Å². The standard InChI is InChI=1S/C12H21ClN2O/c1-5-10(4)15-6-11(13)12(14-15)8-16-7-9(2)3/h6,9-10H,5,7-8H2,1-4H3. The number of ether oxygens (including phenoxy) is 1. The van der Waals surface area contributed by atoms with E-state index in [1.54, 1.807) is 0 Å². The van der Waals surface area contributed by atoms with E-state index in [1.807, 2.05) is 10.9 Å². The first kappa shape index (κ1) is 13.5. The Labute approximate surface area is 103 Å². The number of hydrogen-bond donors (Lipinski definition) is 0. The van der Waals surface area contributed by atoms with Crippen molar-refractivity contribution in [3.05, 3.63) is 16.9 Å². The summed E-state index contributed by atoms with van der Waals surface area (Å²) in [5.41, 5.74) is 0.836. The largest absolute Gasteiger partial charge is 0.375 e. The van der Waals surface area contributed by atoms with Crippen molar-refractivity contribution >= 4 is 11.6 Å². The molecule has 1 unspecified atom stereocenters. The van der Waals surface area contributed by atoms with Crippen LogP contribution in [-0.4, -0.2) is 16.4 Å². The molecule has 0 bridgehead atoms. The van der Waals surface area contributed by atoms with Gasteiger partial charge in [-0.15, -0.1) is 0 Å². The van der Waals surface area contributed by atoms with Gasteiger partial charge in [0.2, 0.25) is 0 Å². The van der Waals surface area contributed by atoms with Gasteiger partial charge >= 0.3 is 0 Å². The highest BCUT2D eigenvalue weighted by atomic mass is 35.5. The monoisotopic (exact) mass is 244 g/mol. The number of aromatic nitrogens is 2. The third kappa shape index (κ3) is 3.80. The molecule has 1 aromatic heterocycles. The van der Waals surface area contributed by atoms with E-state index in [9.17, 15) is 0 Å². The molecule has 1 aromatic rings. The van der Waals surface area contributed by atoms with Crippen molar-refractivity contribution in [2.24, 2.45) is 5.92 Å². The maximum Gasteiger partial charge on any atom is 0.107 e. The Balaban J connectivity index is 2.56. The summed E-state index contributed by atoms with van der Waals surface area (Å²) in [6, 6.07) is 0.386. The molecule has 0 aliphatic carbocycles. The van der Waals surface area contributed by atoms with Crippen LogP contribution in [0.4, 0.5) is 0 Å². The molecular formula is C12H21ClN2O. The van der Waals surface area contributed by atoms with Gasteiger partial charge in [-0.2, -0.15) is 5.10 Å². The molecule has 1 atom stereocenters. The lowest BCUT2D eigenvalue weighted by molar-refractivity contribution is 0.0943. The van der Waals surface area contributed by atoms with Crippen molar-refractivity contribution in [3.8, 4) is 0 Å². The van der Waals surface area contributed by atoms with Gasteiger partial charge in [0.15, 0.2) is 0 Å². The number of rotatable bonds is 6. The quantitative estimate of drug-likeness (QED) is 0.763. The first-order valence-corrected chi connectivity index (χ1v) is 6.23. The third-order valence-electron chi connectivity index (χ3n) is 2.49. The molecule has 0 N–H and O–H groups in total. The van der Waals surface area contributed by atoms with E-state index in [0.29, 0.717) is 23.6 Å². The van der Waals surface area contributed by atoms with Crippen molar-refractivity contribution < 1.29 is 4.74 Å².